The lowest BCUT2D eigenvalue weighted by Gasteiger charge is -2.09. The van der Waals surface area contributed by atoms with E-state index in [-0.39, 0.29) is 0 Å². The third kappa shape index (κ3) is 3.21. The van der Waals surface area contributed by atoms with Crippen LogP contribution in [0.3, 0.4) is 0 Å². The third-order valence-corrected chi connectivity index (χ3v) is 4.03. The van der Waals surface area contributed by atoms with Crippen LogP contribution in [0.2, 0.25) is 0 Å². The topological polar surface area (TPSA) is 75.9 Å². The Kier molecular flexibility index (Phi) is 3.61. The van der Waals surface area contributed by atoms with Gasteiger partial charge in [-0.15, -0.1) is 11.3 Å². The summed E-state index contributed by atoms with van der Waals surface area (Å²) in [6.45, 7) is 0.867. The molecule has 1 fully saturated rings. The van der Waals surface area contributed by atoms with Gasteiger partial charge >= 0.3 is 0 Å². The first kappa shape index (κ1) is 12.4. The lowest BCUT2D eigenvalue weighted by molar-refractivity contribution is 0.916. The van der Waals surface area contributed by atoms with E-state index in [1.807, 2.05) is 6.07 Å². The molecule has 2 aromatic heterocycles. The number of thiophene rings is 1. The lowest BCUT2D eigenvalue weighted by atomic mass is 10.3. The van der Waals surface area contributed by atoms with E-state index in [1.54, 1.807) is 11.3 Å². The fourth-order valence-electron chi connectivity index (χ4n) is 1.92. The monoisotopic (exact) mass is 275 g/mol. The van der Waals surface area contributed by atoms with Crippen LogP contribution in [0.25, 0.3) is 0 Å². The van der Waals surface area contributed by atoms with Gasteiger partial charge in [0.05, 0.1) is 0 Å². The molecule has 5 nitrogen and oxygen atoms in total. The molecule has 2 aromatic rings. The number of nitrogens with one attached hydrogen (secondary N) is 2. The van der Waals surface area contributed by atoms with Gasteiger partial charge in [-0.3, -0.25) is 0 Å². The maximum absolute atomic E-state index is 5.45. The Morgan fingerprint density at radius 3 is 2.84 bits per heavy atom. The molecule has 0 unspecified atom stereocenters. The summed E-state index contributed by atoms with van der Waals surface area (Å²) in [5.41, 5.74) is 2.61. The summed E-state index contributed by atoms with van der Waals surface area (Å²) in [4.78, 5) is 10.3. The van der Waals surface area contributed by atoms with Crippen LogP contribution in [0.15, 0.2) is 23.6 Å². The zero-order valence-electron chi connectivity index (χ0n) is 10.6. The molecule has 6 heteroatoms. The predicted molar refractivity (Wildman–Crippen MR) is 78.3 cm³/mol. The highest BCUT2D eigenvalue weighted by Gasteiger charge is 2.27. The van der Waals surface area contributed by atoms with Crippen LogP contribution in [0.5, 0.6) is 0 Å². The minimum atomic E-state index is 0.520. The smallest absolute Gasteiger partial charge is 0.145 e. The van der Waals surface area contributed by atoms with Crippen molar-refractivity contribution < 1.29 is 0 Å². The van der Waals surface area contributed by atoms with Crippen LogP contribution in [0.1, 0.15) is 29.5 Å². The maximum atomic E-state index is 5.45. The Balaban J connectivity index is 1.64. The molecule has 100 valence electrons. The molecule has 4 N–H and O–H groups in total. The van der Waals surface area contributed by atoms with E-state index in [2.05, 4.69) is 38.2 Å². The largest absolute Gasteiger partial charge is 0.370 e. The van der Waals surface area contributed by atoms with Crippen molar-refractivity contribution in [1.82, 2.24) is 9.97 Å². The average molecular weight is 275 g/mol. The fourth-order valence-corrected chi connectivity index (χ4v) is 2.63. The van der Waals surface area contributed by atoms with Crippen LogP contribution in [0, 0.1) is 0 Å². The van der Waals surface area contributed by atoms with E-state index < -0.39 is 0 Å². The van der Waals surface area contributed by atoms with Crippen molar-refractivity contribution in [2.75, 3.05) is 17.3 Å². The predicted octanol–water partition coefficient (Wildman–Crippen LogP) is 2.36. The quantitative estimate of drug-likeness (QED) is 0.557. The van der Waals surface area contributed by atoms with Crippen molar-refractivity contribution in [3.05, 3.63) is 34.3 Å². The van der Waals surface area contributed by atoms with Gasteiger partial charge in [0, 0.05) is 23.4 Å². The molecule has 0 atom stereocenters. The van der Waals surface area contributed by atoms with Crippen LogP contribution < -0.4 is 16.6 Å². The first-order chi connectivity index (χ1) is 9.35. The highest BCUT2D eigenvalue weighted by Crippen LogP contribution is 2.38. The molecule has 0 saturated heterocycles. The summed E-state index contributed by atoms with van der Waals surface area (Å²) < 4.78 is 0. The van der Waals surface area contributed by atoms with E-state index in [9.17, 15) is 0 Å². The number of hydrogen-bond donors (Lipinski definition) is 3. The van der Waals surface area contributed by atoms with Crippen molar-refractivity contribution >= 4 is 23.0 Å². The molecule has 1 aliphatic rings. The van der Waals surface area contributed by atoms with Crippen molar-refractivity contribution in [2.24, 2.45) is 5.84 Å². The zero-order valence-corrected chi connectivity index (χ0v) is 11.4. The molecule has 0 radical (unpaired) electrons. The summed E-state index contributed by atoms with van der Waals surface area (Å²) in [6.07, 6.45) is 3.37. The zero-order chi connectivity index (χ0) is 13.1. The molecule has 19 heavy (non-hydrogen) atoms. The van der Waals surface area contributed by atoms with Crippen LogP contribution in [0.4, 0.5) is 11.6 Å². The highest BCUT2D eigenvalue weighted by atomic mass is 32.1. The number of aromatic nitrogens is 2. The second kappa shape index (κ2) is 5.54. The van der Waals surface area contributed by atoms with E-state index in [0.717, 1.165) is 24.6 Å². The number of hydrazine groups is 1. The molecule has 0 amide bonds. The van der Waals surface area contributed by atoms with E-state index in [4.69, 9.17) is 5.84 Å². The second-order valence-corrected chi connectivity index (χ2v) is 5.70. The normalized spacial score (nSPS) is 14.4. The number of rotatable bonds is 6. The van der Waals surface area contributed by atoms with Crippen molar-refractivity contribution in [2.45, 2.75) is 25.2 Å². The van der Waals surface area contributed by atoms with Gasteiger partial charge < -0.3 is 10.7 Å². The minimum Gasteiger partial charge on any atom is -0.370 e. The Morgan fingerprint density at radius 1 is 1.32 bits per heavy atom. The lowest BCUT2D eigenvalue weighted by Crippen LogP contribution is -2.13. The van der Waals surface area contributed by atoms with Gasteiger partial charge in [-0.05, 0) is 30.7 Å². The first-order valence-corrected chi connectivity index (χ1v) is 7.35. The number of anilines is 2. The Bertz CT molecular complexity index is 536. The Morgan fingerprint density at radius 2 is 2.16 bits per heavy atom. The van der Waals surface area contributed by atoms with Crippen LogP contribution in [-0.2, 0) is 6.42 Å². The van der Waals surface area contributed by atoms with Gasteiger partial charge in [-0.1, -0.05) is 6.07 Å². The third-order valence-electron chi connectivity index (χ3n) is 3.09. The molecule has 0 spiro atoms. The standard InChI is InChI=1S/C13H17N5S/c14-18-12-8-11(16-13(17-12)9-3-4-9)15-6-5-10-2-1-7-19-10/h1-2,7-9H,3-6,14H2,(H2,15,16,17,18). The highest BCUT2D eigenvalue weighted by molar-refractivity contribution is 7.09. The molecule has 1 aliphatic carbocycles. The molecule has 0 aliphatic heterocycles. The number of nitrogens with two attached hydrogens (primary N) is 1. The summed E-state index contributed by atoms with van der Waals surface area (Å²) in [5.74, 6) is 8.39. The molecule has 0 bridgehead atoms. The van der Waals surface area contributed by atoms with Gasteiger partial charge in [-0.2, -0.15) is 0 Å². The summed E-state index contributed by atoms with van der Waals surface area (Å²) in [6, 6.07) is 6.07. The van der Waals surface area contributed by atoms with E-state index >= 15 is 0 Å². The summed E-state index contributed by atoms with van der Waals surface area (Å²) in [5, 5.41) is 5.44. The van der Waals surface area contributed by atoms with Gasteiger partial charge in [0.15, 0.2) is 0 Å². The van der Waals surface area contributed by atoms with Crippen molar-refractivity contribution in [3.63, 3.8) is 0 Å². The average Bonchev–Trinajstić information content (AvgIpc) is 3.17. The minimum absolute atomic E-state index is 0.520. The molecule has 1 saturated carbocycles. The van der Waals surface area contributed by atoms with Crippen LogP contribution >= 0.6 is 11.3 Å². The first-order valence-electron chi connectivity index (χ1n) is 6.47. The maximum Gasteiger partial charge on any atom is 0.145 e. The van der Waals surface area contributed by atoms with Gasteiger partial charge in [0.25, 0.3) is 0 Å². The Hall–Kier alpha value is -1.66. The van der Waals surface area contributed by atoms with Gasteiger partial charge in [-0.25, -0.2) is 15.8 Å². The molecular formula is C13H17N5S. The van der Waals surface area contributed by atoms with Crippen molar-refractivity contribution in [1.29, 1.82) is 0 Å². The SMILES string of the molecule is NNc1cc(NCCc2cccs2)nc(C2CC2)n1. The van der Waals surface area contributed by atoms with E-state index in [0.29, 0.717) is 11.7 Å². The molecule has 2 heterocycles. The molecule has 3 rings (SSSR count). The van der Waals surface area contributed by atoms with Gasteiger partial charge in [0.2, 0.25) is 0 Å². The van der Waals surface area contributed by atoms with Crippen molar-refractivity contribution in [3.8, 4) is 0 Å². The number of hydrogen-bond acceptors (Lipinski definition) is 6. The fraction of sp³-hybridized carbons (Fsp3) is 0.385. The summed E-state index contributed by atoms with van der Waals surface area (Å²) in [7, 11) is 0. The molecular weight excluding hydrogens is 258 g/mol. The Labute approximate surface area is 116 Å². The van der Waals surface area contributed by atoms with Gasteiger partial charge in [0.1, 0.15) is 17.5 Å². The molecule has 0 aromatic carbocycles. The number of nitrogens with zero attached hydrogens (tertiary/aromatic N) is 2. The van der Waals surface area contributed by atoms with Crippen LogP contribution in [-0.4, -0.2) is 16.5 Å². The van der Waals surface area contributed by atoms with E-state index in [1.165, 1.54) is 17.7 Å². The summed E-state index contributed by atoms with van der Waals surface area (Å²) >= 11 is 1.78. The second-order valence-electron chi connectivity index (χ2n) is 4.67. The number of nitrogen functional groups attached to an aromatic ring is 1.